The molecular weight excluding hydrogens is 370 g/mol. The molecule has 0 atom stereocenters. The molecule has 4 heteroatoms. The number of nitrogens with one attached hydrogen (secondary N) is 1. The lowest BCUT2D eigenvalue weighted by atomic mass is 10.1. The van der Waals surface area contributed by atoms with E-state index in [9.17, 15) is 4.79 Å². The van der Waals surface area contributed by atoms with Gasteiger partial charge in [0.2, 0.25) is 0 Å². The Hall–Kier alpha value is -1.13. The van der Waals surface area contributed by atoms with E-state index in [1.54, 1.807) is 12.1 Å². The highest BCUT2D eigenvalue weighted by molar-refractivity contribution is 9.11. The van der Waals surface area contributed by atoms with Crippen LogP contribution in [-0.4, -0.2) is 5.91 Å². The molecule has 98 valence electrons. The molecule has 1 N–H and O–H groups in total. The van der Waals surface area contributed by atoms with E-state index >= 15 is 0 Å². The van der Waals surface area contributed by atoms with E-state index < -0.39 is 0 Å². The number of aryl methyl sites for hydroxylation is 1. The summed E-state index contributed by atoms with van der Waals surface area (Å²) in [6.07, 6.45) is 0.888. The fraction of sp³-hybridized carbons (Fsp3) is 0.133. The molecule has 0 heterocycles. The van der Waals surface area contributed by atoms with Gasteiger partial charge < -0.3 is 5.32 Å². The van der Waals surface area contributed by atoms with Crippen molar-refractivity contribution in [2.45, 2.75) is 13.3 Å². The van der Waals surface area contributed by atoms with Crippen LogP contribution in [0, 0.1) is 0 Å². The highest BCUT2D eigenvalue weighted by atomic mass is 79.9. The van der Waals surface area contributed by atoms with Crippen molar-refractivity contribution in [1.29, 1.82) is 0 Å². The van der Waals surface area contributed by atoms with Crippen molar-refractivity contribution in [1.82, 2.24) is 0 Å². The summed E-state index contributed by atoms with van der Waals surface area (Å²) in [5.74, 6) is -0.108. The lowest BCUT2D eigenvalue weighted by molar-refractivity contribution is 0.102. The number of rotatable bonds is 3. The summed E-state index contributed by atoms with van der Waals surface area (Å²) in [4.78, 5) is 12.2. The van der Waals surface area contributed by atoms with Crippen LogP contribution < -0.4 is 5.32 Å². The van der Waals surface area contributed by atoms with Crippen LogP contribution in [0.5, 0.6) is 0 Å². The van der Waals surface area contributed by atoms with Crippen molar-refractivity contribution >= 4 is 43.5 Å². The molecule has 2 aromatic carbocycles. The number of carbonyl (C=O) groups is 1. The highest BCUT2D eigenvalue weighted by Crippen LogP contribution is 2.22. The monoisotopic (exact) mass is 381 g/mol. The number of benzene rings is 2. The number of amides is 1. The van der Waals surface area contributed by atoms with Crippen molar-refractivity contribution < 1.29 is 4.79 Å². The van der Waals surface area contributed by atoms with Crippen molar-refractivity contribution in [3.63, 3.8) is 0 Å². The minimum Gasteiger partial charge on any atom is -0.322 e. The van der Waals surface area contributed by atoms with Gasteiger partial charge in [-0.05, 0) is 36.2 Å². The number of anilines is 1. The first-order valence-corrected chi connectivity index (χ1v) is 7.54. The first kappa shape index (κ1) is 14.3. The Morgan fingerprint density at radius 1 is 1.11 bits per heavy atom. The summed E-state index contributed by atoms with van der Waals surface area (Å²) in [6, 6.07) is 13.3. The maximum absolute atomic E-state index is 12.2. The van der Waals surface area contributed by atoms with Gasteiger partial charge in [0.25, 0.3) is 5.91 Å². The predicted molar refractivity (Wildman–Crippen MR) is 85.6 cm³/mol. The minimum atomic E-state index is -0.108. The Labute approximate surface area is 129 Å². The molecule has 0 radical (unpaired) electrons. The molecule has 0 bridgehead atoms. The summed E-state index contributed by atoms with van der Waals surface area (Å²) in [5.41, 5.74) is 2.61. The molecule has 19 heavy (non-hydrogen) atoms. The second kappa shape index (κ2) is 6.35. The van der Waals surface area contributed by atoms with E-state index in [2.05, 4.69) is 44.1 Å². The van der Waals surface area contributed by atoms with Gasteiger partial charge in [-0.25, -0.2) is 0 Å². The first-order chi connectivity index (χ1) is 9.10. The average Bonchev–Trinajstić information content (AvgIpc) is 2.38. The normalized spacial score (nSPS) is 10.3. The Balaban J connectivity index is 2.25. The molecule has 2 nitrogen and oxygen atoms in total. The van der Waals surface area contributed by atoms with Crippen LogP contribution >= 0.6 is 31.9 Å². The zero-order valence-corrected chi connectivity index (χ0v) is 13.6. The molecule has 2 rings (SSSR count). The van der Waals surface area contributed by atoms with Crippen LogP contribution in [0.4, 0.5) is 5.69 Å². The van der Waals surface area contributed by atoms with Crippen LogP contribution in [0.3, 0.4) is 0 Å². The van der Waals surface area contributed by atoms with Gasteiger partial charge in [-0.1, -0.05) is 57.0 Å². The fourth-order valence-corrected chi connectivity index (χ4v) is 3.12. The number of carbonyl (C=O) groups excluding carboxylic acids is 1. The van der Waals surface area contributed by atoms with Crippen molar-refractivity contribution in [2.24, 2.45) is 0 Å². The van der Waals surface area contributed by atoms with E-state index in [1.807, 2.05) is 30.3 Å². The Morgan fingerprint density at radius 3 is 2.37 bits per heavy atom. The largest absolute Gasteiger partial charge is 0.322 e. The van der Waals surface area contributed by atoms with Gasteiger partial charge in [0.05, 0.1) is 0 Å². The minimum absolute atomic E-state index is 0.108. The molecule has 0 aliphatic heterocycles. The van der Waals surface area contributed by atoms with Crippen LogP contribution in [0.2, 0.25) is 0 Å². The van der Waals surface area contributed by atoms with Gasteiger partial charge in [0.1, 0.15) is 0 Å². The maximum atomic E-state index is 12.2. The third-order valence-corrected chi connectivity index (χ3v) is 3.69. The number of para-hydroxylation sites is 1. The molecule has 0 spiro atoms. The molecule has 0 aromatic heterocycles. The molecule has 0 unspecified atom stereocenters. The van der Waals surface area contributed by atoms with Crippen LogP contribution in [0.15, 0.2) is 51.4 Å². The van der Waals surface area contributed by atoms with Gasteiger partial charge in [-0.2, -0.15) is 0 Å². The zero-order chi connectivity index (χ0) is 13.8. The third kappa shape index (κ3) is 3.67. The highest BCUT2D eigenvalue weighted by Gasteiger charge is 2.09. The smallest absolute Gasteiger partial charge is 0.255 e. The topological polar surface area (TPSA) is 29.1 Å². The molecule has 0 saturated carbocycles. The lowest BCUT2D eigenvalue weighted by Crippen LogP contribution is -2.13. The van der Waals surface area contributed by atoms with Gasteiger partial charge in [0.15, 0.2) is 0 Å². The average molecular weight is 383 g/mol. The summed E-state index contributed by atoms with van der Waals surface area (Å²) >= 11 is 6.77. The molecule has 0 aliphatic carbocycles. The summed E-state index contributed by atoms with van der Waals surface area (Å²) in [5, 5.41) is 2.95. The van der Waals surface area contributed by atoms with Gasteiger partial charge >= 0.3 is 0 Å². The quantitative estimate of drug-likeness (QED) is 0.792. The first-order valence-electron chi connectivity index (χ1n) is 5.95. The number of hydrogen-bond donors (Lipinski definition) is 1. The number of halogens is 2. The fourth-order valence-electron chi connectivity index (χ4n) is 1.83. The number of hydrogen-bond acceptors (Lipinski definition) is 1. The van der Waals surface area contributed by atoms with Crippen LogP contribution in [-0.2, 0) is 6.42 Å². The van der Waals surface area contributed by atoms with E-state index in [0.29, 0.717) is 5.56 Å². The van der Waals surface area contributed by atoms with Gasteiger partial charge in [-0.3, -0.25) is 4.79 Å². The summed E-state index contributed by atoms with van der Waals surface area (Å²) < 4.78 is 1.74. The molecule has 0 aliphatic rings. The Kier molecular flexibility index (Phi) is 4.77. The zero-order valence-electron chi connectivity index (χ0n) is 10.4. The Bertz CT molecular complexity index is 591. The molecular formula is C15H13Br2NO. The van der Waals surface area contributed by atoms with Gasteiger partial charge in [0, 0.05) is 20.2 Å². The van der Waals surface area contributed by atoms with E-state index in [1.165, 1.54) is 0 Å². The lowest BCUT2D eigenvalue weighted by Gasteiger charge is -2.10. The summed E-state index contributed by atoms with van der Waals surface area (Å²) in [7, 11) is 0. The molecule has 2 aromatic rings. The third-order valence-electron chi connectivity index (χ3n) is 2.77. The Morgan fingerprint density at radius 2 is 1.74 bits per heavy atom. The molecule has 0 fully saturated rings. The van der Waals surface area contributed by atoms with E-state index in [0.717, 1.165) is 26.6 Å². The molecule has 1 amide bonds. The van der Waals surface area contributed by atoms with Crippen molar-refractivity contribution in [2.75, 3.05) is 5.32 Å². The molecule has 0 saturated heterocycles. The van der Waals surface area contributed by atoms with Crippen LogP contribution in [0.25, 0.3) is 0 Å². The maximum Gasteiger partial charge on any atom is 0.255 e. The summed E-state index contributed by atoms with van der Waals surface area (Å²) in [6.45, 7) is 2.07. The predicted octanol–water partition coefficient (Wildman–Crippen LogP) is 5.03. The second-order valence-electron chi connectivity index (χ2n) is 4.12. The standard InChI is InChI=1S/C15H13Br2NO/c1-2-10-5-3-4-6-14(10)18-15(19)11-7-12(16)9-13(17)8-11/h3-9H,2H2,1H3,(H,18,19). The van der Waals surface area contributed by atoms with Crippen molar-refractivity contribution in [3.05, 3.63) is 62.5 Å². The SMILES string of the molecule is CCc1ccccc1NC(=O)c1cc(Br)cc(Br)c1. The van der Waals surface area contributed by atoms with Crippen LogP contribution in [0.1, 0.15) is 22.8 Å². The van der Waals surface area contributed by atoms with E-state index in [-0.39, 0.29) is 5.91 Å². The van der Waals surface area contributed by atoms with Gasteiger partial charge in [-0.15, -0.1) is 0 Å². The second-order valence-corrected chi connectivity index (χ2v) is 5.95. The van der Waals surface area contributed by atoms with E-state index in [4.69, 9.17) is 0 Å². The van der Waals surface area contributed by atoms with Crippen molar-refractivity contribution in [3.8, 4) is 0 Å².